The van der Waals surface area contributed by atoms with Crippen molar-refractivity contribution in [1.82, 2.24) is 9.80 Å². The van der Waals surface area contributed by atoms with Crippen LogP contribution in [0, 0.1) is 22.7 Å². The van der Waals surface area contributed by atoms with E-state index in [0.29, 0.717) is 0 Å². The highest BCUT2D eigenvalue weighted by molar-refractivity contribution is 4.93. The Morgan fingerprint density at radius 2 is 1.94 bits per heavy atom. The minimum absolute atomic E-state index is 0.221. The highest BCUT2D eigenvalue weighted by atomic mass is 15.1. The minimum atomic E-state index is -0.221. The normalized spacial score (nSPS) is 19.5. The maximum absolute atomic E-state index is 9.01. The summed E-state index contributed by atoms with van der Waals surface area (Å²) >= 11 is 0. The summed E-state index contributed by atoms with van der Waals surface area (Å²) in [5, 5.41) is 9.01. The number of nitrogens with zero attached hydrogens (tertiary/aromatic N) is 3. The van der Waals surface area contributed by atoms with Crippen LogP contribution in [-0.4, -0.2) is 50.1 Å². The summed E-state index contributed by atoms with van der Waals surface area (Å²) in [7, 11) is 4.34. The van der Waals surface area contributed by atoms with Gasteiger partial charge in [0, 0.05) is 6.54 Å². The zero-order valence-corrected chi connectivity index (χ0v) is 11.9. The molecule has 0 unspecified atom stereocenters. The summed E-state index contributed by atoms with van der Waals surface area (Å²) in [4.78, 5) is 4.72. The summed E-state index contributed by atoms with van der Waals surface area (Å²) in [6.45, 7) is 8.52. The van der Waals surface area contributed by atoms with E-state index in [4.69, 9.17) is 5.26 Å². The number of hydrogen-bond donors (Lipinski definition) is 0. The summed E-state index contributed by atoms with van der Waals surface area (Å²) in [6.07, 6.45) is 3.96. The molecule has 1 rings (SSSR count). The molecule has 0 spiro atoms. The summed E-state index contributed by atoms with van der Waals surface area (Å²) in [5.41, 5.74) is -0.221. The molecule has 3 heteroatoms. The van der Waals surface area contributed by atoms with Crippen LogP contribution in [0.15, 0.2) is 0 Å². The second-order valence-electron chi connectivity index (χ2n) is 6.27. The maximum atomic E-state index is 9.01. The Kier molecular flexibility index (Phi) is 5.42. The molecule has 0 saturated carbocycles. The Hall–Kier alpha value is -0.590. The third kappa shape index (κ3) is 5.52. The second kappa shape index (κ2) is 6.37. The smallest absolute Gasteiger partial charge is 0.0697 e. The van der Waals surface area contributed by atoms with Crippen molar-refractivity contribution in [2.24, 2.45) is 11.3 Å². The van der Waals surface area contributed by atoms with Gasteiger partial charge in [0.15, 0.2) is 0 Å². The zero-order valence-electron chi connectivity index (χ0n) is 11.9. The Bertz CT molecular complexity index is 259. The molecule has 1 saturated heterocycles. The first-order chi connectivity index (χ1) is 7.93. The van der Waals surface area contributed by atoms with E-state index in [9.17, 15) is 0 Å². The molecule has 0 amide bonds. The SMILES string of the molecule is CN1CCC(CCN(C)CC(C)(C)C#N)CC1. The van der Waals surface area contributed by atoms with Crippen molar-refractivity contribution in [1.29, 1.82) is 5.26 Å². The highest BCUT2D eigenvalue weighted by Crippen LogP contribution is 2.20. The van der Waals surface area contributed by atoms with E-state index in [1.54, 1.807) is 0 Å². The topological polar surface area (TPSA) is 30.3 Å². The van der Waals surface area contributed by atoms with Crippen molar-refractivity contribution in [3.63, 3.8) is 0 Å². The summed E-state index contributed by atoms with van der Waals surface area (Å²) in [5.74, 6) is 0.888. The van der Waals surface area contributed by atoms with E-state index in [-0.39, 0.29) is 5.41 Å². The van der Waals surface area contributed by atoms with Crippen LogP contribution in [0.3, 0.4) is 0 Å². The Balaban J connectivity index is 2.20. The molecule has 1 fully saturated rings. The van der Waals surface area contributed by atoms with Crippen molar-refractivity contribution >= 4 is 0 Å². The molecule has 0 bridgehead atoms. The molecule has 1 aliphatic rings. The van der Waals surface area contributed by atoms with Gasteiger partial charge in [-0.25, -0.2) is 0 Å². The van der Waals surface area contributed by atoms with Gasteiger partial charge in [-0.3, -0.25) is 0 Å². The fraction of sp³-hybridized carbons (Fsp3) is 0.929. The minimum Gasteiger partial charge on any atom is -0.306 e. The standard InChI is InChI=1S/C14H27N3/c1-14(2,11-15)12-17(4)10-7-13-5-8-16(3)9-6-13/h13H,5-10,12H2,1-4H3. The van der Waals surface area contributed by atoms with E-state index >= 15 is 0 Å². The molecule has 0 aromatic heterocycles. The average molecular weight is 237 g/mol. The number of rotatable bonds is 5. The monoisotopic (exact) mass is 237 g/mol. The van der Waals surface area contributed by atoms with Gasteiger partial charge < -0.3 is 9.80 Å². The van der Waals surface area contributed by atoms with Gasteiger partial charge in [0.05, 0.1) is 11.5 Å². The molecule has 0 aromatic carbocycles. The number of piperidine rings is 1. The fourth-order valence-corrected chi connectivity index (χ4v) is 2.54. The molecular formula is C14H27N3. The highest BCUT2D eigenvalue weighted by Gasteiger charge is 2.21. The fourth-order valence-electron chi connectivity index (χ4n) is 2.54. The van der Waals surface area contributed by atoms with Gasteiger partial charge in [-0.15, -0.1) is 0 Å². The van der Waals surface area contributed by atoms with Gasteiger partial charge in [0.2, 0.25) is 0 Å². The van der Waals surface area contributed by atoms with Crippen LogP contribution in [0.1, 0.15) is 33.1 Å². The van der Waals surface area contributed by atoms with Crippen molar-refractivity contribution in [2.45, 2.75) is 33.1 Å². The number of hydrogen-bond acceptors (Lipinski definition) is 3. The van der Waals surface area contributed by atoms with Crippen LogP contribution in [0.25, 0.3) is 0 Å². The van der Waals surface area contributed by atoms with E-state index in [1.807, 2.05) is 13.8 Å². The Morgan fingerprint density at radius 3 is 2.47 bits per heavy atom. The predicted molar refractivity (Wildman–Crippen MR) is 71.7 cm³/mol. The van der Waals surface area contributed by atoms with Crippen LogP contribution in [0.5, 0.6) is 0 Å². The summed E-state index contributed by atoms with van der Waals surface area (Å²) in [6, 6.07) is 2.37. The molecule has 0 radical (unpaired) electrons. The van der Waals surface area contributed by atoms with Crippen molar-refractivity contribution in [3.05, 3.63) is 0 Å². The van der Waals surface area contributed by atoms with E-state index in [2.05, 4.69) is 30.0 Å². The lowest BCUT2D eigenvalue weighted by molar-refractivity contribution is 0.184. The third-order valence-electron chi connectivity index (χ3n) is 3.73. The van der Waals surface area contributed by atoms with Gasteiger partial charge in [-0.2, -0.15) is 5.26 Å². The lowest BCUT2D eigenvalue weighted by Gasteiger charge is -2.31. The Morgan fingerprint density at radius 1 is 1.35 bits per heavy atom. The molecule has 1 aliphatic heterocycles. The molecule has 17 heavy (non-hydrogen) atoms. The average Bonchev–Trinajstić information content (AvgIpc) is 2.28. The van der Waals surface area contributed by atoms with E-state index < -0.39 is 0 Å². The lowest BCUT2D eigenvalue weighted by atomic mass is 9.92. The summed E-state index contributed by atoms with van der Waals surface area (Å²) < 4.78 is 0. The first-order valence-corrected chi connectivity index (χ1v) is 6.71. The molecule has 1 heterocycles. The van der Waals surface area contributed by atoms with Crippen molar-refractivity contribution < 1.29 is 0 Å². The molecule has 0 aliphatic carbocycles. The van der Waals surface area contributed by atoms with Crippen LogP contribution < -0.4 is 0 Å². The second-order valence-corrected chi connectivity index (χ2v) is 6.27. The molecule has 0 atom stereocenters. The third-order valence-corrected chi connectivity index (χ3v) is 3.73. The van der Waals surface area contributed by atoms with Crippen LogP contribution in [0.4, 0.5) is 0 Å². The molecule has 98 valence electrons. The Labute approximate surface area is 106 Å². The maximum Gasteiger partial charge on any atom is 0.0697 e. The zero-order chi connectivity index (χ0) is 12.9. The number of nitriles is 1. The van der Waals surface area contributed by atoms with E-state index in [0.717, 1.165) is 19.0 Å². The first kappa shape index (κ1) is 14.5. The van der Waals surface area contributed by atoms with E-state index in [1.165, 1.54) is 32.4 Å². The quantitative estimate of drug-likeness (QED) is 0.734. The molecule has 0 N–H and O–H groups in total. The van der Waals surface area contributed by atoms with Gasteiger partial charge in [0.25, 0.3) is 0 Å². The van der Waals surface area contributed by atoms with Gasteiger partial charge in [-0.05, 0) is 72.8 Å². The van der Waals surface area contributed by atoms with Gasteiger partial charge in [0.1, 0.15) is 0 Å². The predicted octanol–water partition coefficient (Wildman–Crippen LogP) is 2.20. The van der Waals surface area contributed by atoms with Gasteiger partial charge in [-0.1, -0.05) is 0 Å². The van der Waals surface area contributed by atoms with Crippen LogP contribution >= 0.6 is 0 Å². The molecule has 0 aromatic rings. The molecular weight excluding hydrogens is 210 g/mol. The van der Waals surface area contributed by atoms with Crippen molar-refractivity contribution in [3.8, 4) is 6.07 Å². The largest absolute Gasteiger partial charge is 0.306 e. The first-order valence-electron chi connectivity index (χ1n) is 6.71. The number of likely N-dealkylation sites (tertiary alicyclic amines) is 1. The van der Waals surface area contributed by atoms with Gasteiger partial charge >= 0.3 is 0 Å². The van der Waals surface area contributed by atoms with Crippen LogP contribution in [-0.2, 0) is 0 Å². The molecule has 3 nitrogen and oxygen atoms in total. The van der Waals surface area contributed by atoms with Crippen LogP contribution in [0.2, 0.25) is 0 Å². The van der Waals surface area contributed by atoms with Crippen molar-refractivity contribution in [2.75, 3.05) is 40.3 Å². The lowest BCUT2D eigenvalue weighted by Crippen LogP contribution is -2.34.